The fourth-order valence-corrected chi connectivity index (χ4v) is 6.56. The van der Waals surface area contributed by atoms with Crippen LogP contribution in [-0.2, 0) is 16.6 Å². The molecule has 0 spiro atoms. The molecule has 0 aliphatic carbocycles. The van der Waals surface area contributed by atoms with E-state index in [2.05, 4.69) is 9.62 Å². The van der Waals surface area contributed by atoms with Gasteiger partial charge in [0.1, 0.15) is 11.9 Å². The number of amides is 1. The molecule has 44 heavy (non-hydrogen) atoms. The van der Waals surface area contributed by atoms with E-state index in [1.807, 2.05) is 105 Å². The number of methoxy groups -OCH3 is 1. The van der Waals surface area contributed by atoms with Crippen LogP contribution in [0.4, 0.5) is 17.1 Å². The Morgan fingerprint density at radius 3 is 2.05 bits per heavy atom. The topological polar surface area (TPSA) is 79.0 Å². The lowest BCUT2D eigenvalue weighted by molar-refractivity contribution is 0.0968. The molecule has 222 valence electrons. The van der Waals surface area contributed by atoms with Gasteiger partial charge in [-0.25, -0.2) is 8.42 Å². The van der Waals surface area contributed by atoms with Crippen LogP contribution >= 0.6 is 0 Å². The molecule has 7 nitrogen and oxygen atoms in total. The number of ether oxygens (including phenoxy) is 1. The van der Waals surface area contributed by atoms with Crippen LogP contribution in [0.15, 0.2) is 126 Å². The minimum absolute atomic E-state index is 0.0107. The van der Waals surface area contributed by atoms with Gasteiger partial charge in [-0.1, -0.05) is 77.9 Å². The number of carbonyl (C=O) groups excluding carboxylic acids is 1. The second-order valence-corrected chi connectivity index (χ2v) is 12.6. The van der Waals surface area contributed by atoms with Crippen molar-refractivity contribution in [3.05, 3.63) is 149 Å². The Hall–Kier alpha value is -5.08. The number of anilines is 3. The molecular formula is C36H33N3O4S. The van der Waals surface area contributed by atoms with Gasteiger partial charge in [0.25, 0.3) is 15.9 Å². The molecule has 5 aromatic rings. The van der Waals surface area contributed by atoms with Gasteiger partial charge in [-0.2, -0.15) is 0 Å². The van der Waals surface area contributed by atoms with Crippen LogP contribution < -0.4 is 19.3 Å². The van der Waals surface area contributed by atoms with Crippen molar-refractivity contribution >= 4 is 33.0 Å². The highest BCUT2D eigenvalue weighted by molar-refractivity contribution is 7.92. The summed E-state index contributed by atoms with van der Waals surface area (Å²) in [4.78, 5) is 18.4. The average Bonchev–Trinajstić information content (AvgIpc) is 3.04. The molecule has 5 aromatic carbocycles. The minimum atomic E-state index is -3.97. The van der Waals surface area contributed by atoms with Gasteiger partial charge in [-0.15, -0.1) is 0 Å². The highest BCUT2D eigenvalue weighted by Gasteiger charge is 2.40. The van der Waals surface area contributed by atoms with Crippen LogP contribution in [0.2, 0.25) is 0 Å². The molecule has 8 heteroatoms. The summed E-state index contributed by atoms with van der Waals surface area (Å²) >= 11 is 0. The highest BCUT2D eigenvalue weighted by atomic mass is 32.2. The largest absolute Gasteiger partial charge is 0.497 e. The first-order valence-electron chi connectivity index (χ1n) is 14.3. The summed E-state index contributed by atoms with van der Waals surface area (Å²) in [6.07, 6.45) is -0.517. The Morgan fingerprint density at radius 1 is 0.773 bits per heavy atom. The lowest BCUT2D eigenvalue weighted by Gasteiger charge is -2.46. The van der Waals surface area contributed by atoms with E-state index < -0.39 is 16.2 Å². The molecule has 1 amide bonds. The van der Waals surface area contributed by atoms with E-state index in [-0.39, 0.29) is 10.8 Å². The zero-order valence-corrected chi connectivity index (χ0v) is 25.6. The molecule has 0 unspecified atom stereocenters. The molecule has 0 saturated heterocycles. The number of hydrogen-bond donors (Lipinski definition) is 1. The Kier molecular flexibility index (Phi) is 7.84. The van der Waals surface area contributed by atoms with Crippen molar-refractivity contribution in [3.8, 4) is 5.75 Å². The predicted octanol–water partition coefficient (Wildman–Crippen LogP) is 7.48. The molecule has 0 radical (unpaired) electrons. The van der Waals surface area contributed by atoms with Gasteiger partial charge in [-0.3, -0.25) is 14.4 Å². The first kappa shape index (κ1) is 29.0. The van der Waals surface area contributed by atoms with Gasteiger partial charge in [0.2, 0.25) is 0 Å². The monoisotopic (exact) mass is 603 g/mol. The first-order valence-corrected chi connectivity index (χ1v) is 15.8. The third-order valence-corrected chi connectivity index (χ3v) is 9.18. The van der Waals surface area contributed by atoms with Crippen molar-refractivity contribution < 1.29 is 17.9 Å². The zero-order valence-electron chi connectivity index (χ0n) is 24.8. The summed E-state index contributed by atoms with van der Waals surface area (Å²) in [6.45, 7) is 4.42. The van der Waals surface area contributed by atoms with Crippen molar-refractivity contribution in [1.82, 2.24) is 0 Å². The number of benzene rings is 5. The van der Waals surface area contributed by atoms with E-state index in [0.29, 0.717) is 34.9 Å². The number of fused-ring (bicyclic) bond motifs is 1. The molecule has 0 aromatic heterocycles. The van der Waals surface area contributed by atoms with Crippen LogP contribution in [0.25, 0.3) is 0 Å². The molecule has 1 atom stereocenters. The standard InChI is InChI=1S/C36H33N3O4S/c1-25-9-15-29(16-10-25)37-44(41,42)32-21-22-34-33(23-32)36(40)39(30-17-11-26(2)12-18-30)35(28-13-19-31(43-3)20-14-28)38(34)24-27-7-5-4-6-8-27/h4-23,35,37H,24H2,1-3H3/t35-/m0/s1. The maximum Gasteiger partial charge on any atom is 0.262 e. The quantitative estimate of drug-likeness (QED) is 0.199. The summed E-state index contributed by atoms with van der Waals surface area (Å²) in [5.41, 5.74) is 6.13. The Labute approximate surface area is 258 Å². The van der Waals surface area contributed by atoms with E-state index in [1.54, 1.807) is 36.3 Å². The minimum Gasteiger partial charge on any atom is -0.497 e. The fraction of sp³-hybridized carbons (Fsp3) is 0.139. The molecule has 0 saturated carbocycles. The van der Waals surface area contributed by atoms with Gasteiger partial charge in [0.15, 0.2) is 0 Å². The van der Waals surface area contributed by atoms with Crippen molar-refractivity contribution in [2.45, 2.75) is 31.5 Å². The van der Waals surface area contributed by atoms with Crippen LogP contribution in [0.1, 0.15) is 38.8 Å². The van der Waals surface area contributed by atoms with Gasteiger partial charge in [0, 0.05) is 17.9 Å². The van der Waals surface area contributed by atoms with E-state index in [0.717, 1.165) is 22.3 Å². The highest BCUT2D eigenvalue weighted by Crippen LogP contribution is 2.43. The maximum atomic E-state index is 14.5. The van der Waals surface area contributed by atoms with Crippen molar-refractivity contribution in [1.29, 1.82) is 0 Å². The number of nitrogens with one attached hydrogen (secondary N) is 1. The SMILES string of the molecule is COc1ccc([C@H]2N(Cc3ccccc3)c3ccc(S(=O)(=O)Nc4ccc(C)cc4)cc3C(=O)N2c2ccc(C)cc2)cc1. The van der Waals surface area contributed by atoms with Crippen LogP contribution in [0, 0.1) is 13.8 Å². The van der Waals surface area contributed by atoms with Crippen LogP contribution in [0.3, 0.4) is 0 Å². The zero-order chi connectivity index (χ0) is 30.8. The first-order chi connectivity index (χ1) is 21.2. The normalized spacial score (nSPS) is 14.7. The van der Waals surface area contributed by atoms with Gasteiger partial charge in [0.05, 0.1) is 23.3 Å². The Bertz CT molecular complexity index is 1890. The van der Waals surface area contributed by atoms with E-state index in [9.17, 15) is 13.2 Å². The lowest BCUT2D eigenvalue weighted by atomic mass is 9.98. The number of nitrogens with zero attached hydrogens (tertiary/aromatic N) is 2. The number of carbonyl (C=O) groups is 1. The average molecular weight is 604 g/mol. The third-order valence-electron chi connectivity index (χ3n) is 7.80. The third kappa shape index (κ3) is 5.76. The van der Waals surface area contributed by atoms with E-state index in [1.165, 1.54) is 6.07 Å². The predicted molar refractivity (Wildman–Crippen MR) is 175 cm³/mol. The summed E-state index contributed by atoms with van der Waals surface area (Å²) < 4.78 is 35.1. The van der Waals surface area contributed by atoms with Gasteiger partial charge in [-0.05, 0) is 79.6 Å². The summed E-state index contributed by atoms with van der Waals surface area (Å²) in [7, 11) is -2.35. The smallest absolute Gasteiger partial charge is 0.262 e. The van der Waals surface area contributed by atoms with Crippen molar-refractivity contribution in [3.63, 3.8) is 0 Å². The molecule has 0 bridgehead atoms. The molecule has 6 rings (SSSR count). The van der Waals surface area contributed by atoms with Gasteiger partial charge >= 0.3 is 0 Å². The van der Waals surface area contributed by atoms with Gasteiger partial charge < -0.3 is 9.64 Å². The van der Waals surface area contributed by atoms with E-state index in [4.69, 9.17) is 4.74 Å². The fourth-order valence-electron chi connectivity index (χ4n) is 5.47. The summed E-state index contributed by atoms with van der Waals surface area (Å²) in [5.74, 6) is 0.421. The molecule has 0 fully saturated rings. The van der Waals surface area contributed by atoms with Crippen LogP contribution in [0.5, 0.6) is 5.75 Å². The summed E-state index contributed by atoms with van der Waals surface area (Å²) in [5, 5.41) is 0. The molecule has 1 aliphatic rings. The number of hydrogen-bond acceptors (Lipinski definition) is 5. The maximum absolute atomic E-state index is 14.5. The van der Waals surface area contributed by atoms with E-state index >= 15 is 0 Å². The Morgan fingerprint density at radius 2 is 1.41 bits per heavy atom. The molecular weight excluding hydrogens is 570 g/mol. The number of sulfonamides is 1. The number of rotatable bonds is 8. The second-order valence-electron chi connectivity index (χ2n) is 10.9. The lowest BCUT2D eigenvalue weighted by Crippen LogP contribution is -2.49. The van der Waals surface area contributed by atoms with Crippen LogP contribution in [-0.4, -0.2) is 21.4 Å². The molecule has 1 heterocycles. The number of aryl methyl sites for hydroxylation is 2. The van der Waals surface area contributed by atoms with Crippen molar-refractivity contribution in [2.24, 2.45) is 0 Å². The molecule has 1 N–H and O–H groups in total. The Balaban J connectivity index is 1.51. The summed E-state index contributed by atoms with van der Waals surface area (Å²) in [6, 6.07) is 37.4. The second kappa shape index (κ2) is 11.9. The molecule has 1 aliphatic heterocycles. The van der Waals surface area contributed by atoms with Crippen molar-refractivity contribution in [2.75, 3.05) is 21.6 Å².